The molecule has 6 heteroatoms. The third kappa shape index (κ3) is 5.33. The summed E-state index contributed by atoms with van der Waals surface area (Å²) in [5.74, 6) is -0.671. The summed E-state index contributed by atoms with van der Waals surface area (Å²) in [5.41, 5.74) is 0.256. The van der Waals surface area contributed by atoms with E-state index >= 15 is 0 Å². The number of hydrogen-bond acceptors (Lipinski definition) is 3. The molecule has 0 radical (unpaired) electrons. The number of carbonyl (C=O) groups is 1. The molecular formula is C12H16ClFN2O2. The van der Waals surface area contributed by atoms with Gasteiger partial charge < -0.3 is 15.4 Å². The van der Waals surface area contributed by atoms with Crippen molar-refractivity contribution in [1.82, 2.24) is 5.32 Å². The summed E-state index contributed by atoms with van der Waals surface area (Å²) in [4.78, 5) is 11.4. The number of carbonyl (C=O) groups excluding carboxylic acids is 1. The van der Waals surface area contributed by atoms with Crippen molar-refractivity contribution in [3.05, 3.63) is 29.0 Å². The maximum absolute atomic E-state index is 13.4. The van der Waals surface area contributed by atoms with Gasteiger partial charge in [0, 0.05) is 25.3 Å². The minimum atomic E-state index is -0.477. The molecule has 1 rings (SSSR count). The van der Waals surface area contributed by atoms with Crippen molar-refractivity contribution in [3.63, 3.8) is 0 Å². The second-order valence-corrected chi connectivity index (χ2v) is 4.11. The smallest absolute Gasteiger partial charge is 0.239 e. The standard InChI is InChI=1S/C12H16ClFN2O2/c1-18-6-2-5-15-12(17)8-16-11-4-3-9(13)7-10(11)14/h3-4,7,16H,2,5-6,8H2,1H3,(H,15,17). The summed E-state index contributed by atoms with van der Waals surface area (Å²) >= 11 is 5.62. The third-order valence-electron chi connectivity index (χ3n) is 2.22. The van der Waals surface area contributed by atoms with Gasteiger partial charge in [-0.25, -0.2) is 4.39 Å². The van der Waals surface area contributed by atoms with Crippen LogP contribution in [0, 0.1) is 5.82 Å². The van der Waals surface area contributed by atoms with E-state index in [1.54, 1.807) is 13.2 Å². The van der Waals surface area contributed by atoms with Crippen LogP contribution in [0.5, 0.6) is 0 Å². The van der Waals surface area contributed by atoms with Gasteiger partial charge in [-0.15, -0.1) is 0 Å². The highest BCUT2D eigenvalue weighted by Gasteiger charge is 2.05. The average molecular weight is 275 g/mol. The van der Waals surface area contributed by atoms with Crippen LogP contribution < -0.4 is 10.6 Å². The molecule has 0 aliphatic carbocycles. The second kappa shape index (κ2) is 7.89. The Labute approximate surface area is 110 Å². The fourth-order valence-electron chi connectivity index (χ4n) is 1.32. The van der Waals surface area contributed by atoms with Crippen molar-refractivity contribution >= 4 is 23.2 Å². The number of rotatable bonds is 7. The molecule has 2 N–H and O–H groups in total. The minimum Gasteiger partial charge on any atom is -0.385 e. The molecule has 0 fully saturated rings. The molecule has 18 heavy (non-hydrogen) atoms. The minimum absolute atomic E-state index is 0.0194. The molecule has 1 aromatic rings. The molecule has 4 nitrogen and oxygen atoms in total. The first kappa shape index (κ1) is 14.7. The molecule has 0 heterocycles. The van der Waals surface area contributed by atoms with E-state index in [-0.39, 0.29) is 18.1 Å². The molecule has 0 aliphatic heterocycles. The lowest BCUT2D eigenvalue weighted by atomic mass is 10.3. The Morgan fingerprint density at radius 1 is 1.50 bits per heavy atom. The lowest BCUT2D eigenvalue weighted by molar-refractivity contribution is -0.119. The lowest BCUT2D eigenvalue weighted by Crippen LogP contribution is -2.31. The van der Waals surface area contributed by atoms with Gasteiger partial charge in [0.05, 0.1) is 12.2 Å². The summed E-state index contributed by atoms with van der Waals surface area (Å²) in [5, 5.41) is 5.71. The highest BCUT2D eigenvalue weighted by molar-refractivity contribution is 6.30. The van der Waals surface area contributed by atoms with Crippen LogP contribution in [0.15, 0.2) is 18.2 Å². The van der Waals surface area contributed by atoms with E-state index in [1.807, 2.05) is 0 Å². The molecule has 100 valence electrons. The van der Waals surface area contributed by atoms with Gasteiger partial charge in [-0.1, -0.05) is 11.6 Å². The van der Waals surface area contributed by atoms with E-state index < -0.39 is 5.82 Å². The first-order chi connectivity index (χ1) is 8.63. The first-order valence-corrected chi connectivity index (χ1v) is 5.96. The Morgan fingerprint density at radius 2 is 2.28 bits per heavy atom. The summed E-state index contributed by atoms with van der Waals surface area (Å²) in [6, 6.07) is 4.25. The summed E-state index contributed by atoms with van der Waals surface area (Å²) in [6.45, 7) is 1.16. The van der Waals surface area contributed by atoms with Gasteiger partial charge >= 0.3 is 0 Å². The quantitative estimate of drug-likeness (QED) is 0.748. The molecule has 0 atom stereocenters. The van der Waals surface area contributed by atoms with E-state index in [0.29, 0.717) is 18.2 Å². The molecule has 0 aliphatic rings. The number of methoxy groups -OCH3 is 1. The SMILES string of the molecule is COCCCNC(=O)CNc1ccc(Cl)cc1F. The van der Waals surface area contributed by atoms with Crippen LogP contribution >= 0.6 is 11.6 Å². The first-order valence-electron chi connectivity index (χ1n) is 5.58. The lowest BCUT2D eigenvalue weighted by Gasteiger charge is -2.08. The number of halogens is 2. The Kier molecular flexibility index (Phi) is 6.46. The predicted octanol–water partition coefficient (Wildman–Crippen LogP) is 2.04. The molecule has 0 bridgehead atoms. The van der Waals surface area contributed by atoms with E-state index in [4.69, 9.17) is 16.3 Å². The number of ether oxygens (including phenoxy) is 1. The van der Waals surface area contributed by atoms with Crippen molar-refractivity contribution in [2.75, 3.05) is 32.1 Å². The fourth-order valence-corrected chi connectivity index (χ4v) is 1.47. The highest BCUT2D eigenvalue weighted by Crippen LogP contribution is 2.18. The molecule has 1 amide bonds. The predicted molar refractivity (Wildman–Crippen MR) is 69.4 cm³/mol. The Bertz CT molecular complexity index is 402. The maximum atomic E-state index is 13.4. The Morgan fingerprint density at radius 3 is 2.94 bits per heavy atom. The fraction of sp³-hybridized carbons (Fsp3) is 0.417. The van der Waals surface area contributed by atoms with Gasteiger partial charge in [0.25, 0.3) is 0 Å². The zero-order chi connectivity index (χ0) is 13.4. The summed E-state index contributed by atoms with van der Waals surface area (Å²) in [7, 11) is 1.60. The van der Waals surface area contributed by atoms with E-state index in [2.05, 4.69) is 10.6 Å². The summed E-state index contributed by atoms with van der Waals surface area (Å²) < 4.78 is 18.2. The second-order valence-electron chi connectivity index (χ2n) is 3.67. The molecule has 0 saturated carbocycles. The monoisotopic (exact) mass is 274 g/mol. The Balaban J connectivity index is 2.29. The van der Waals surface area contributed by atoms with Crippen molar-refractivity contribution in [2.24, 2.45) is 0 Å². The van der Waals surface area contributed by atoms with Crippen LogP contribution in [-0.2, 0) is 9.53 Å². The van der Waals surface area contributed by atoms with Crippen LogP contribution in [-0.4, -0.2) is 32.7 Å². The van der Waals surface area contributed by atoms with E-state index in [0.717, 1.165) is 6.42 Å². The van der Waals surface area contributed by atoms with E-state index in [9.17, 15) is 9.18 Å². The molecule has 1 aromatic carbocycles. The summed E-state index contributed by atoms with van der Waals surface area (Å²) in [6.07, 6.45) is 0.748. The van der Waals surface area contributed by atoms with Crippen LogP contribution in [0.2, 0.25) is 5.02 Å². The van der Waals surface area contributed by atoms with Crippen molar-refractivity contribution in [1.29, 1.82) is 0 Å². The zero-order valence-electron chi connectivity index (χ0n) is 10.1. The van der Waals surface area contributed by atoms with Crippen molar-refractivity contribution < 1.29 is 13.9 Å². The van der Waals surface area contributed by atoms with Gasteiger partial charge in [0.15, 0.2) is 0 Å². The molecule has 0 aromatic heterocycles. The largest absolute Gasteiger partial charge is 0.385 e. The number of hydrogen-bond donors (Lipinski definition) is 2. The maximum Gasteiger partial charge on any atom is 0.239 e. The van der Waals surface area contributed by atoms with Crippen LogP contribution in [0.3, 0.4) is 0 Å². The van der Waals surface area contributed by atoms with Gasteiger partial charge in [0.1, 0.15) is 5.82 Å². The normalized spacial score (nSPS) is 10.2. The highest BCUT2D eigenvalue weighted by atomic mass is 35.5. The average Bonchev–Trinajstić information content (AvgIpc) is 2.33. The van der Waals surface area contributed by atoms with Gasteiger partial charge in [-0.05, 0) is 24.6 Å². The molecular weight excluding hydrogens is 259 g/mol. The van der Waals surface area contributed by atoms with Gasteiger partial charge in [-0.2, -0.15) is 0 Å². The van der Waals surface area contributed by atoms with Gasteiger partial charge in [0.2, 0.25) is 5.91 Å². The topological polar surface area (TPSA) is 50.4 Å². The number of benzene rings is 1. The van der Waals surface area contributed by atoms with E-state index in [1.165, 1.54) is 12.1 Å². The van der Waals surface area contributed by atoms with Crippen LogP contribution in [0.1, 0.15) is 6.42 Å². The number of amides is 1. The van der Waals surface area contributed by atoms with Crippen LogP contribution in [0.25, 0.3) is 0 Å². The molecule has 0 saturated heterocycles. The zero-order valence-corrected chi connectivity index (χ0v) is 10.9. The number of nitrogens with one attached hydrogen (secondary N) is 2. The van der Waals surface area contributed by atoms with Crippen molar-refractivity contribution in [2.45, 2.75) is 6.42 Å². The van der Waals surface area contributed by atoms with Crippen LogP contribution in [0.4, 0.5) is 10.1 Å². The molecule has 0 unspecified atom stereocenters. The number of anilines is 1. The molecule has 0 spiro atoms. The third-order valence-corrected chi connectivity index (χ3v) is 2.45. The van der Waals surface area contributed by atoms with Gasteiger partial charge in [-0.3, -0.25) is 4.79 Å². The van der Waals surface area contributed by atoms with Crippen molar-refractivity contribution in [3.8, 4) is 0 Å². The Hall–Kier alpha value is -1.33.